The number of aromatic nitrogens is 4. The Bertz CT molecular complexity index is 704. The van der Waals surface area contributed by atoms with Gasteiger partial charge >= 0.3 is 0 Å². The maximum atomic E-state index is 12.6. The normalized spacial score (nSPS) is 23.8. The minimum atomic E-state index is -0.145. The molecule has 2 fully saturated rings. The number of para-hydroxylation sites is 1. The van der Waals surface area contributed by atoms with Gasteiger partial charge in [0.2, 0.25) is 0 Å². The summed E-state index contributed by atoms with van der Waals surface area (Å²) in [6, 6.07) is 7.83. The zero-order valence-electron chi connectivity index (χ0n) is 13.3. The lowest BCUT2D eigenvalue weighted by Crippen LogP contribution is -2.50. The summed E-state index contributed by atoms with van der Waals surface area (Å²) in [7, 11) is 0. The Hall–Kier alpha value is -2.32. The maximum Gasteiger partial charge on any atom is 0.253 e. The van der Waals surface area contributed by atoms with Crippen LogP contribution in [0.25, 0.3) is 5.69 Å². The number of morpholine rings is 1. The molecule has 24 heavy (non-hydrogen) atoms. The molecule has 1 aromatic heterocycles. The summed E-state index contributed by atoms with van der Waals surface area (Å²) < 4.78 is 7.37. The highest BCUT2D eigenvalue weighted by Gasteiger charge is 2.32. The van der Waals surface area contributed by atoms with Gasteiger partial charge in [0.1, 0.15) is 6.33 Å². The van der Waals surface area contributed by atoms with Crippen LogP contribution in [0.4, 0.5) is 0 Å². The number of tetrazole rings is 1. The molecule has 0 spiro atoms. The van der Waals surface area contributed by atoms with Crippen molar-refractivity contribution in [2.45, 2.75) is 25.0 Å². The number of hydrogen-bond acceptors (Lipinski definition) is 6. The Balaban J connectivity index is 1.40. The van der Waals surface area contributed by atoms with E-state index in [-0.39, 0.29) is 12.0 Å². The van der Waals surface area contributed by atoms with Crippen molar-refractivity contribution in [1.29, 1.82) is 0 Å². The Kier molecular flexibility index (Phi) is 4.22. The number of ether oxygens (including phenoxy) is 1. The number of amides is 1. The van der Waals surface area contributed by atoms with Gasteiger partial charge < -0.3 is 10.1 Å². The number of nitrogens with one attached hydrogen (secondary N) is 1. The van der Waals surface area contributed by atoms with E-state index in [1.165, 1.54) is 23.9 Å². The van der Waals surface area contributed by atoms with Crippen LogP contribution >= 0.6 is 0 Å². The molecule has 0 unspecified atom stereocenters. The van der Waals surface area contributed by atoms with Gasteiger partial charge in [-0.3, -0.25) is 9.69 Å². The number of carbonyl (C=O) groups excluding carboxylic acids is 1. The number of nitrogens with zero attached hydrogens (tertiary/aromatic N) is 5. The average Bonchev–Trinajstić information content (AvgIpc) is 3.30. The second kappa shape index (κ2) is 6.66. The maximum absolute atomic E-state index is 12.6. The van der Waals surface area contributed by atoms with Gasteiger partial charge in [0.25, 0.3) is 5.91 Å². The molecule has 2 aliphatic heterocycles. The highest BCUT2D eigenvalue weighted by molar-refractivity contribution is 5.97. The van der Waals surface area contributed by atoms with Gasteiger partial charge in [0, 0.05) is 19.1 Å². The van der Waals surface area contributed by atoms with E-state index in [0.717, 1.165) is 19.7 Å². The molecule has 2 atom stereocenters. The lowest BCUT2D eigenvalue weighted by molar-refractivity contribution is -0.0461. The number of benzene rings is 1. The second-order valence-electron chi connectivity index (χ2n) is 6.23. The van der Waals surface area contributed by atoms with E-state index < -0.39 is 0 Å². The molecular formula is C16H20N6O2. The number of rotatable bonds is 4. The topological polar surface area (TPSA) is 85.2 Å². The van der Waals surface area contributed by atoms with Crippen LogP contribution in [0.1, 0.15) is 23.2 Å². The van der Waals surface area contributed by atoms with Crippen molar-refractivity contribution in [3.05, 3.63) is 36.2 Å². The van der Waals surface area contributed by atoms with E-state index in [4.69, 9.17) is 4.74 Å². The van der Waals surface area contributed by atoms with Crippen molar-refractivity contribution >= 4 is 5.91 Å². The minimum Gasteiger partial charge on any atom is -0.373 e. The Morgan fingerprint density at radius 1 is 1.38 bits per heavy atom. The lowest BCUT2D eigenvalue weighted by Gasteiger charge is -2.35. The predicted molar refractivity (Wildman–Crippen MR) is 85.8 cm³/mol. The van der Waals surface area contributed by atoms with Crippen molar-refractivity contribution in [1.82, 2.24) is 30.4 Å². The lowest BCUT2D eigenvalue weighted by atomic mass is 10.1. The Morgan fingerprint density at radius 3 is 3.17 bits per heavy atom. The highest BCUT2D eigenvalue weighted by atomic mass is 16.5. The molecule has 2 aromatic rings. The smallest absolute Gasteiger partial charge is 0.253 e. The first-order chi connectivity index (χ1) is 11.8. The van der Waals surface area contributed by atoms with E-state index in [2.05, 4.69) is 25.7 Å². The van der Waals surface area contributed by atoms with Gasteiger partial charge in [-0.15, -0.1) is 5.10 Å². The summed E-state index contributed by atoms with van der Waals surface area (Å²) in [5.74, 6) is -0.145. The average molecular weight is 328 g/mol. The van der Waals surface area contributed by atoms with Crippen LogP contribution in [0, 0.1) is 0 Å². The number of carbonyl (C=O) groups is 1. The summed E-state index contributed by atoms with van der Waals surface area (Å²) in [5.41, 5.74) is 1.20. The summed E-state index contributed by atoms with van der Waals surface area (Å²) in [4.78, 5) is 15.0. The van der Waals surface area contributed by atoms with Gasteiger partial charge in [-0.25, -0.2) is 0 Å². The molecule has 8 heteroatoms. The van der Waals surface area contributed by atoms with E-state index in [1.54, 1.807) is 6.07 Å². The number of hydrogen-bond donors (Lipinski definition) is 1. The summed E-state index contributed by atoms with van der Waals surface area (Å²) in [6.45, 7) is 3.30. The fraction of sp³-hybridized carbons (Fsp3) is 0.500. The van der Waals surface area contributed by atoms with Crippen LogP contribution < -0.4 is 5.32 Å². The quantitative estimate of drug-likeness (QED) is 0.866. The molecule has 2 aliphatic rings. The molecule has 0 bridgehead atoms. The summed E-state index contributed by atoms with van der Waals surface area (Å²) in [5, 5.41) is 14.1. The van der Waals surface area contributed by atoms with Crippen LogP contribution in [0.3, 0.4) is 0 Å². The summed E-state index contributed by atoms with van der Waals surface area (Å²) in [6.07, 6.45) is 3.98. The van der Waals surface area contributed by atoms with Crippen LogP contribution in [-0.2, 0) is 4.74 Å². The predicted octanol–water partition coefficient (Wildman–Crippen LogP) is 0.255. The molecule has 0 radical (unpaired) electrons. The molecule has 0 saturated carbocycles. The molecular weight excluding hydrogens is 308 g/mol. The van der Waals surface area contributed by atoms with Crippen LogP contribution in [0.2, 0.25) is 0 Å². The van der Waals surface area contributed by atoms with E-state index >= 15 is 0 Å². The zero-order chi connectivity index (χ0) is 16.4. The van der Waals surface area contributed by atoms with E-state index in [9.17, 15) is 4.79 Å². The second-order valence-corrected chi connectivity index (χ2v) is 6.23. The van der Waals surface area contributed by atoms with Crippen molar-refractivity contribution < 1.29 is 9.53 Å². The Morgan fingerprint density at radius 2 is 2.29 bits per heavy atom. The van der Waals surface area contributed by atoms with Gasteiger partial charge in [-0.2, -0.15) is 4.68 Å². The molecule has 1 amide bonds. The van der Waals surface area contributed by atoms with Gasteiger partial charge in [-0.1, -0.05) is 12.1 Å². The molecule has 126 valence electrons. The van der Waals surface area contributed by atoms with Crippen LogP contribution in [0.15, 0.2) is 30.6 Å². The highest BCUT2D eigenvalue weighted by Crippen LogP contribution is 2.22. The van der Waals surface area contributed by atoms with Crippen molar-refractivity contribution in [3.8, 4) is 5.69 Å². The Labute approximate surface area is 139 Å². The third-order valence-electron chi connectivity index (χ3n) is 4.70. The molecule has 1 aromatic carbocycles. The van der Waals surface area contributed by atoms with E-state index in [0.29, 0.717) is 23.8 Å². The third-order valence-corrected chi connectivity index (χ3v) is 4.70. The number of fused-ring (bicyclic) bond motifs is 1. The molecule has 0 aliphatic carbocycles. The largest absolute Gasteiger partial charge is 0.373 e. The van der Waals surface area contributed by atoms with Crippen molar-refractivity contribution in [2.24, 2.45) is 0 Å². The van der Waals surface area contributed by atoms with Gasteiger partial charge in [-0.05, 0) is 41.9 Å². The first kappa shape index (κ1) is 15.2. The van der Waals surface area contributed by atoms with Crippen molar-refractivity contribution in [2.75, 3.05) is 26.2 Å². The molecule has 1 N–H and O–H groups in total. The van der Waals surface area contributed by atoms with Gasteiger partial charge in [0.05, 0.1) is 24.0 Å². The molecule has 8 nitrogen and oxygen atoms in total. The van der Waals surface area contributed by atoms with Crippen LogP contribution in [-0.4, -0.2) is 69.4 Å². The van der Waals surface area contributed by atoms with Gasteiger partial charge in [0.15, 0.2) is 0 Å². The van der Waals surface area contributed by atoms with E-state index in [1.807, 2.05) is 18.2 Å². The standard InChI is InChI=1S/C16H20N6O2/c23-16(14-5-1-2-6-15(14)22-11-18-19-20-22)17-8-13-9-21-7-3-4-12(21)10-24-13/h1-2,5-6,11-13H,3-4,7-10H2,(H,17,23)/t12-,13+/m1/s1. The fourth-order valence-electron chi connectivity index (χ4n) is 3.45. The molecule has 2 saturated heterocycles. The first-order valence-electron chi connectivity index (χ1n) is 8.27. The third kappa shape index (κ3) is 3.02. The first-order valence-corrected chi connectivity index (χ1v) is 8.27. The monoisotopic (exact) mass is 328 g/mol. The molecule has 4 rings (SSSR count). The van der Waals surface area contributed by atoms with Crippen LogP contribution in [0.5, 0.6) is 0 Å². The SMILES string of the molecule is O=C(NC[C@H]1CN2CCC[C@@H]2CO1)c1ccccc1-n1cnnn1. The summed E-state index contributed by atoms with van der Waals surface area (Å²) >= 11 is 0. The fourth-order valence-corrected chi connectivity index (χ4v) is 3.45. The zero-order valence-corrected chi connectivity index (χ0v) is 13.3. The molecule has 3 heterocycles. The van der Waals surface area contributed by atoms with Crippen molar-refractivity contribution in [3.63, 3.8) is 0 Å². The minimum absolute atomic E-state index is 0.0449.